The first-order valence-electron chi connectivity index (χ1n) is 7.62. The van der Waals surface area contributed by atoms with Crippen molar-refractivity contribution in [3.63, 3.8) is 0 Å². The molecule has 0 spiro atoms. The van der Waals surface area contributed by atoms with Gasteiger partial charge in [-0.2, -0.15) is 0 Å². The first-order valence-corrected chi connectivity index (χ1v) is 9.32. The largest absolute Gasteiger partial charge is 0.347 e. The fraction of sp³-hybridized carbons (Fsp3) is 0.312. The van der Waals surface area contributed by atoms with Crippen LogP contribution in [0.2, 0.25) is 0 Å². The third-order valence-corrected chi connectivity index (χ3v) is 5.41. The molecule has 10 heteroatoms. The third-order valence-electron chi connectivity index (χ3n) is 3.19. The van der Waals surface area contributed by atoms with E-state index in [2.05, 4.69) is 20.8 Å². The highest BCUT2D eigenvalue weighted by Gasteiger charge is 2.27. The predicted molar refractivity (Wildman–Crippen MR) is 103 cm³/mol. The average molecular weight is 393 g/mol. The lowest BCUT2D eigenvalue weighted by molar-refractivity contribution is -0.132. The number of anilines is 2. The minimum Gasteiger partial charge on any atom is -0.347 e. The van der Waals surface area contributed by atoms with Crippen molar-refractivity contribution < 1.29 is 14.4 Å². The summed E-state index contributed by atoms with van der Waals surface area (Å²) in [5.74, 6) is -0.583. The smallest absolute Gasteiger partial charge is 0.325 e. The van der Waals surface area contributed by atoms with E-state index >= 15 is 0 Å². The number of ketones is 1. The summed E-state index contributed by atoms with van der Waals surface area (Å²) in [6.07, 6.45) is 0. The molecule has 3 amide bonds. The minimum absolute atomic E-state index is 0.268. The van der Waals surface area contributed by atoms with Crippen molar-refractivity contribution in [1.29, 1.82) is 0 Å². The van der Waals surface area contributed by atoms with Gasteiger partial charge in [0.1, 0.15) is 5.25 Å². The number of Topliss-reactive ketones (excluding diaryl/α,β-unsaturated/α-hetero) is 1. The monoisotopic (exact) mass is 393 g/mol. The van der Waals surface area contributed by atoms with E-state index in [1.807, 2.05) is 19.1 Å². The van der Waals surface area contributed by atoms with Crippen LogP contribution in [0.4, 0.5) is 15.6 Å². The molecule has 26 heavy (non-hydrogen) atoms. The maximum atomic E-state index is 12.1. The second-order valence-corrected chi connectivity index (χ2v) is 7.99. The van der Waals surface area contributed by atoms with Gasteiger partial charge in [-0.15, -0.1) is 10.2 Å². The van der Waals surface area contributed by atoms with Crippen LogP contribution in [0, 0.1) is 6.92 Å². The molecule has 8 nitrogen and oxygen atoms in total. The Hall–Kier alpha value is -2.46. The number of hydrogen-bond donors (Lipinski definition) is 2. The summed E-state index contributed by atoms with van der Waals surface area (Å²) in [6.45, 7) is 3.31. The molecular formula is C16H19N5O3S2. The number of nitrogens with zero attached hydrogens (tertiary/aromatic N) is 3. The van der Waals surface area contributed by atoms with E-state index in [0.717, 1.165) is 28.7 Å². The highest BCUT2D eigenvalue weighted by Crippen LogP contribution is 2.30. The Labute approximate surface area is 159 Å². The lowest BCUT2D eigenvalue weighted by Gasteiger charge is -2.16. The Morgan fingerprint density at radius 1 is 1.12 bits per heavy atom. The van der Waals surface area contributed by atoms with E-state index < -0.39 is 11.3 Å². The van der Waals surface area contributed by atoms with Crippen LogP contribution in [0.15, 0.2) is 28.6 Å². The van der Waals surface area contributed by atoms with Crippen molar-refractivity contribution >= 4 is 51.6 Å². The van der Waals surface area contributed by atoms with Crippen molar-refractivity contribution in [2.75, 3.05) is 24.7 Å². The van der Waals surface area contributed by atoms with Crippen LogP contribution in [0.5, 0.6) is 0 Å². The standard InChI is InChI=1S/C16H19N5O3S2/c1-9-5-7-11(8-6-9)17-14(24)18-15-19-20-16(26-15)25-12(10(2)22)13(23)21(3)4/h5-8,12H,1-4H3,(H2,17,18,19,24)/t12-/m0/s1. The first kappa shape index (κ1) is 19.9. The number of carbonyl (C=O) groups excluding carboxylic acids is 3. The Bertz CT molecular complexity index is 804. The van der Waals surface area contributed by atoms with Gasteiger partial charge in [-0.25, -0.2) is 4.79 Å². The SMILES string of the molecule is CC(=O)[C@H](Sc1nnc(NC(=O)Nc2ccc(C)cc2)s1)C(=O)N(C)C. The zero-order valence-corrected chi connectivity index (χ0v) is 16.4. The fourth-order valence-electron chi connectivity index (χ4n) is 1.85. The number of aryl methyl sites for hydroxylation is 1. The maximum absolute atomic E-state index is 12.1. The zero-order chi connectivity index (χ0) is 19.3. The van der Waals surface area contributed by atoms with Crippen molar-refractivity contribution in [3.05, 3.63) is 29.8 Å². The van der Waals surface area contributed by atoms with Crippen LogP contribution in [-0.2, 0) is 9.59 Å². The molecule has 1 atom stereocenters. The fourth-order valence-corrected chi connectivity index (χ4v) is 3.80. The van der Waals surface area contributed by atoms with E-state index in [1.54, 1.807) is 26.2 Å². The summed E-state index contributed by atoms with van der Waals surface area (Å²) in [4.78, 5) is 37.1. The molecule has 138 valence electrons. The summed E-state index contributed by atoms with van der Waals surface area (Å²) < 4.78 is 0.422. The number of amides is 3. The van der Waals surface area contributed by atoms with Gasteiger partial charge in [0.2, 0.25) is 11.0 Å². The summed E-state index contributed by atoms with van der Waals surface area (Å²) in [6, 6.07) is 6.91. The van der Waals surface area contributed by atoms with E-state index in [9.17, 15) is 14.4 Å². The van der Waals surface area contributed by atoms with Gasteiger partial charge in [0.25, 0.3) is 0 Å². The van der Waals surface area contributed by atoms with E-state index in [0.29, 0.717) is 10.0 Å². The number of urea groups is 1. The summed E-state index contributed by atoms with van der Waals surface area (Å²) in [7, 11) is 3.17. The first-order chi connectivity index (χ1) is 12.3. The minimum atomic E-state index is -0.882. The van der Waals surface area contributed by atoms with Gasteiger partial charge >= 0.3 is 6.03 Å². The van der Waals surface area contributed by atoms with Gasteiger partial charge in [-0.3, -0.25) is 14.9 Å². The van der Waals surface area contributed by atoms with Crippen LogP contribution in [0.25, 0.3) is 0 Å². The number of carbonyl (C=O) groups is 3. The number of aromatic nitrogens is 2. The summed E-state index contributed by atoms with van der Waals surface area (Å²) in [5, 5.41) is 12.4. The van der Waals surface area contributed by atoms with Crippen molar-refractivity contribution in [3.8, 4) is 0 Å². The Balaban J connectivity index is 1.98. The van der Waals surface area contributed by atoms with Gasteiger partial charge in [0.05, 0.1) is 0 Å². The molecule has 2 rings (SSSR count). The second kappa shape index (κ2) is 8.77. The summed E-state index contributed by atoms with van der Waals surface area (Å²) in [5.41, 5.74) is 1.74. The molecule has 1 heterocycles. The van der Waals surface area contributed by atoms with E-state index in [4.69, 9.17) is 0 Å². The van der Waals surface area contributed by atoms with Crippen LogP contribution < -0.4 is 10.6 Å². The normalized spacial score (nSPS) is 11.5. The highest BCUT2D eigenvalue weighted by atomic mass is 32.2. The molecule has 0 aliphatic carbocycles. The van der Waals surface area contributed by atoms with Crippen molar-refractivity contribution in [1.82, 2.24) is 15.1 Å². The Morgan fingerprint density at radius 3 is 2.35 bits per heavy atom. The lowest BCUT2D eigenvalue weighted by atomic mass is 10.2. The number of hydrogen-bond acceptors (Lipinski definition) is 7. The van der Waals surface area contributed by atoms with Gasteiger partial charge in [0, 0.05) is 19.8 Å². The van der Waals surface area contributed by atoms with Crippen LogP contribution in [0.1, 0.15) is 12.5 Å². The van der Waals surface area contributed by atoms with Crippen molar-refractivity contribution in [2.24, 2.45) is 0 Å². The molecule has 1 aromatic carbocycles. The molecule has 2 aromatic rings. The molecule has 0 radical (unpaired) electrons. The molecule has 0 aliphatic heterocycles. The average Bonchev–Trinajstić information content (AvgIpc) is 3.00. The number of thioether (sulfide) groups is 1. The maximum Gasteiger partial charge on any atom is 0.325 e. The Kier molecular flexibility index (Phi) is 6.70. The molecule has 0 bridgehead atoms. The highest BCUT2D eigenvalue weighted by molar-refractivity contribution is 8.03. The second-order valence-electron chi connectivity index (χ2n) is 5.66. The molecule has 0 fully saturated rings. The quantitative estimate of drug-likeness (QED) is 0.444. The number of nitrogens with one attached hydrogen (secondary N) is 2. The van der Waals surface area contributed by atoms with Crippen molar-refractivity contribution in [2.45, 2.75) is 23.4 Å². The van der Waals surface area contributed by atoms with Gasteiger partial charge < -0.3 is 10.2 Å². The number of benzene rings is 1. The molecule has 0 saturated carbocycles. The zero-order valence-electron chi connectivity index (χ0n) is 14.8. The topological polar surface area (TPSA) is 104 Å². The molecule has 2 N–H and O–H groups in total. The number of rotatable bonds is 6. The third kappa shape index (κ3) is 5.53. The van der Waals surface area contributed by atoms with Gasteiger partial charge in [-0.1, -0.05) is 40.8 Å². The van der Waals surface area contributed by atoms with E-state index in [-0.39, 0.29) is 16.8 Å². The van der Waals surface area contributed by atoms with Gasteiger partial charge in [-0.05, 0) is 26.0 Å². The van der Waals surface area contributed by atoms with Crippen LogP contribution in [-0.4, -0.2) is 52.2 Å². The molecule has 1 aromatic heterocycles. The Morgan fingerprint density at radius 2 is 1.77 bits per heavy atom. The molecular weight excluding hydrogens is 374 g/mol. The molecule has 0 unspecified atom stereocenters. The van der Waals surface area contributed by atoms with Crippen LogP contribution in [0.3, 0.4) is 0 Å². The lowest BCUT2D eigenvalue weighted by Crippen LogP contribution is -2.35. The summed E-state index contributed by atoms with van der Waals surface area (Å²) >= 11 is 2.11. The molecule has 0 saturated heterocycles. The predicted octanol–water partition coefficient (Wildman–Crippen LogP) is 2.63. The molecule has 0 aliphatic rings. The van der Waals surface area contributed by atoms with Crippen LogP contribution >= 0.6 is 23.1 Å². The van der Waals surface area contributed by atoms with Gasteiger partial charge in [0.15, 0.2) is 10.1 Å². The van der Waals surface area contributed by atoms with E-state index in [1.165, 1.54) is 11.8 Å².